The van der Waals surface area contributed by atoms with E-state index in [0.717, 1.165) is 32.1 Å². The van der Waals surface area contributed by atoms with E-state index < -0.39 is 110 Å². The maximum atomic E-state index is 14.1. The van der Waals surface area contributed by atoms with Crippen molar-refractivity contribution in [2.75, 3.05) is 32.8 Å². The summed E-state index contributed by atoms with van der Waals surface area (Å²) in [5.41, 5.74) is 0.364. The number of carboxylic acids is 1. The van der Waals surface area contributed by atoms with Crippen LogP contribution >= 0.6 is 0 Å². The van der Waals surface area contributed by atoms with Crippen molar-refractivity contribution in [3.63, 3.8) is 0 Å². The number of amides is 1. The Hall–Kier alpha value is -2.99. The van der Waals surface area contributed by atoms with Gasteiger partial charge in [0.25, 0.3) is 5.91 Å². The molecule has 2 aromatic rings. The summed E-state index contributed by atoms with van der Waals surface area (Å²) < 4.78 is 53.2. The van der Waals surface area contributed by atoms with Crippen LogP contribution in [0.25, 0.3) is 0 Å². The maximum Gasteiger partial charge on any atom is 1.00 e. The van der Waals surface area contributed by atoms with Crippen molar-refractivity contribution in [2.45, 2.75) is 138 Å². The van der Waals surface area contributed by atoms with Gasteiger partial charge in [0, 0.05) is 11.8 Å². The Morgan fingerprint density at radius 1 is 0.823 bits per heavy atom. The van der Waals surface area contributed by atoms with Crippen LogP contribution in [-0.2, 0) is 42.7 Å². The van der Waals surface area contributed by atoms with E-state index in [2.05, 4.69) is 5.32 Å². The number of nitrogens with one attached hydrogen (secondary N) is 1. The Morgan fingerprint density at radius 2 is 1.53 bits per heavy atom. The average molecular weight is 886 g/mol. The molecule has 0 aromatic heterocycles. The molecule has 4 aliphatic rings. The predicted octanol–water partition coefficient (Wildman–Crippen LogP) is -3.19. The van der Waals surface area contributed by atoms with E-state index in [1.54, 1.807) is 30.3 Å². The van der Waals surface area contributed by atoms with Crippen molar-refractivity contribution in [3.8, 4) is 11.5 Å². The van der Waals surface area contributed by atoms with Crippen LogP contribution in [0.4, 0.5) is 5.69 Å². The van der Waals surface area contributed by atoms with E-state index in [1.807, 2.05) is 0 Å². The normalized spacial score (nSPS) is 33.3. The minimum absolute atomic E-state index is 0. The molecule has 6 N–H and O–H groups in total. The van der Waals surface area contributed by atoms with Crippen molar-refractivity contribution < 1.29 is 117 Å². The third kappa shape index (κ3) is 12.0. The zero-order chi connectivity index (χ0) is 43.8. The number of aliphatic hydroxyl groups is 5. The molecule has 1 aliphatic carbocycles. The topological polar surface area (TPSA) is 271 Å². The smallest absolute Gasteiger partial charge is 0.547 e. The fourth-order valence-corrected chi connectivity index (χ4v) is 8.20. The van der Waals surface area contributed by atoms with E-state index in [-0.39, 0.29) is 66.2 Å². The molecule has 3 saturated heterocycles. The number of methoxy groups -OCH3 is 2. The number of aliphatic hydroxyl groups excluding tert-OH is 5. The zero-order valence-corrected chi connectivity index (χ0v) is 37.2. The Morgan fingerprint density at radius 3 is 2.19 bits per heavy atom. The van der Waals surface area contributed by atoms with Gasteiger partial charge in [-0.2, -0.15) is 0 Å². The molecular formula is C42H56NNaO18. The number of rotatable bonds is 16. The molecule has 4 fully saturated rings. The Bertz CT molecular complexity index is 1750. The van der Waals surface area contributed by atoms with Crippen molar-refractivity contribution in [1.29, 1.82) is 0 Å². The number of carbonyl (C=O) groups excluding carboxylic acids is 3. The van der Waals surface area contributed by atoms with E-state index >= 15 is 0 Å². The van der Waals surface area contributed by atoms with Crippen molar-refractivity contribution in [3.05, 3.63) is 54.1 Å². The SMILES string of the molecule is COc1ccc(NC(=O)[C@H]2OCC[C@@H](O[C@@H]3O[C@H](CO)[C@H](O)[C@H](O[C@@H](CC4CCCCC4)C(=O)[O-])[C@H]3OC(=O)c3ccccc3)[C@@H]2O[C@@H]2O[C@@H](C)[C@@H](O)[C@@H](O)[C@@H]2O)cc1OC.[Na+]. The maximum absolute atomic E-state index is 14.1. The van der Waals surface area contributed by atoms with E-state index in [4.69, 9.17) is 42.6 Å². The van der Waals surface area contributed by atoms with Crippen LogP contribution in [0.15, 0.2) is 48.5 Å². The summed E-state index contributed by atoms with van der Waals surface area (Å²) >= 11 is 0. The zero-order valence-electron chi connectivity index (χ0n) is 35.2. The van der Waals surface area contributed by atoms with Crippen LogP contribution in [0.2, 0.25) is 0 Å². The number of anilines is 1. The molecule has 3 heterocycles. The van der Waals surface area contributed by atoms with Crippen molar-refractivity contribution >= 4 is 23.5 Å². The first-order chi connectivity index (χ1) is 29.3. The summed E-state index contributed by atoms with van der Waals surface area (Å²) in [6, 6.07) is 12.4. The number of hydrogen-bond acceptors (Lipinski definition) is 18. The number of ether oxygens (including phenoxy) is 9. The fraction of sp³-hybridized carbons (Fsp3) is 0.643. The number of carboxylic acid groups (broad SMARTS) is 1. The quantitative estimate of drug-likeness (QED) is 0.0716. The Kier molecular flexibility index (Phi) is 18.8. The van der Waals surface area contributed by atoms with E-state index in [1.165, 1.54) is 39.3 Å². The number of esters is 1. The van der Waals surface area contributed by atoms with Crippen LogP contribution in [0.5, 0.6) is 11.5 Å². The van der Waals surface area contributed by atoms with Gasteiger partial charge in [-0.1, -0.05) is 50.3 Å². The molecule has 0 radical (unpaired) electrons. The monoisotopic (exact) mass is 885 g/mol. The fourth-order valence-electron chi connectivity index (χ4n) is 8.20. The summed E-state index contributed by atoms with van der Waals surface area (Å²) in [6.45, 7) is 0.518. The first-order valence-electron chi connectivity index (χ1n) is 20.5. The molecule has 338 valence electrons. The Labute approximate surface area is 381 Å². The first-order valence-corrected chi connectivity index (χ1v) is 20.5. The molecule has 14 atom stereocenters. The molecule has 2 aromatic carbocycles. The Balaban J connectivity index is 0.00000726. The molecule has 62 heavy (non-hydrogen) atoms. The molecule has 20 heteroatoms. The second kappa shape index (κ2) is 23.3. The summed E-state index contributed by atoms with van der Waals surface area (Å²) in [5, 5.41) is 69.3. The van der Waals surface area contributed by atoms with Gasteiger partial charge in [0.1, 0.15) is 42.7 Å². The molecule has 1 amide bonds. The van der Waals surface area contributed by atoms with Crippen molar-refractivity contribution in [2.24, 2.45) is 5.92 Å². The standard InChI is InChI=1S/C42H57NO18.Na/c1-21-30(45)32(47)33(48)41(56-21)61-34-26(16-17-55-36(34)38(49)43-24-14-15-25(53-2)27(19-24)54-3)58-42-37(60-40(52)23-12-8-5-9-13-23)35(31(46)29(20-44)59-42)57-28(39(50)51)18-22-10-6-4-7-11-22;/h5,8-9,12-15,19,21-22,26,28-37,41-42,44-48H,4,6-7,10-11,16-18,20H2,1-3H3,(H,43,49)(H,50,51);/q;+1/p-1/t21-,26+,28-,29+,30+,31-,32+,33-,34-,35-,36-,37+,41-,42+;/m0./s1. The van der Waals surface area contributed by atoms with Gasteiger partial charge in [0.15, 0.2) is 36.3 Å². The molecular weight excluding hydrogens is 829 g/mol. The molecule has 19 nitrogen and oxygen atoms in total. The third-order valence-electron chi connectivity index (χ3n) is 11.6. The summed E-state index contributed by atoms with van der Waals surface area (Å²) in [7, 11) is 2.87. The van der Waals surface area contributed by atoms with Gasteiger partial charge < -0.3 is 83.4 Å². The van der Waals surface area contributed by atoms with Crippen LogP contribution in [0, 0.1) is 5.92 Å². The summed E-state index contributed by atoms with van der Waals surface area (Å²) in [4.78, 5) is 40.4. The third-order valence-corrected chi connectivity index (χ3v) is 11.6. The molecule has 3 aliphatic heterocycles. The number of hydrogen-bond donors (Lipinski definition) is 6. The first kappa shape index (κ1) is 50.0. The summed E-state index contributed by atoms with van der Waals surface area (Å²) in [6.07, 6.45) is -17.4. The van der Waals surface area contributed by atoms with Crippen LogP contribution < -0.4 is 49.5 Å². The van der Waals surface area contributed by atoms with Gasteiger partial charge in [-0.15, -0.1) is 0 Å². The van der Waals surface area contributed by atoms with E-state index in [9.17, 15) is 45.0 Å². The molecule has 0 spiro atoms. The average Bonchev–Trinajstić information content (AvgIpc) is 3.27. The largest absolute Gasteiger partial charge is 1.00 e. The van der Waals surface area contributed by atoms with Crippen molar-refractivity contribution in [1.82, 2.24) is 0 Å². The molecule has 0 bridgehead atoms. The predicted molar refractivity (Wildman–Crippen MR) is 207 cm³/mol. The van der Waals surface area contributed by atoms with Gasteiger partial charge >= 0.3 is 35.5 Å². The van der Waals surface area contributed by atoms with Crippen LogP contribution in [-0.4, -0.2) is 157 Å². The number of carbonyl (C=O) groups is 3. The van der Waals surface area contributed by atoms with Gasteiger partial charge in [-0.05, 0) is 49.9 Å². The van der Waals surface area contributed by atoms with Crippen LogP contribution in [0.3, 0.4) is 0 Å². The molecule has 0 unspecified atom stereocenters. The van der Waals surface area contributed by atoms with Gasteiger partial charge in [0.05, 0.1) is 57.3 Å². The minimum Gasteiger partial charge on any atom is -0.547 e. The van der Waals surface area contributed by atoms with Gasteiger partial charge in [-0.3, -0.25) is 4.79 Å². The minimum atomic E-state index is -1.81. The van der Waals surface area contributed by atoms with Crippen LogP contribution in [0.1, 0.15) is 62.2 Å². The van der Waals surface area contributed by atoms with Gasteiger partial charge in [0.2, 0.25) is 0 Å². The molecule has 6 rings (SSSR count). The second-order valence-corrected chi connectivity index (χ2v) is 15.7. The molecule has 1 saturated carbocycles. The second-order valence-electron chi connectivity index (χ2n) is 15.7. The number of benzene rings is 2. The summed E-state index contributed by atoms with van der Waals surface area (Å²) in [5.74, 6) is -2.53. The van der Waals surface area contributed by atoms with Gasteiger partial charge in [-0.25, -0.2) is 4.79 Å². The number of aliphatic carboxylic acids is 1. The van der Waals surface area contributed by atoms with E-state index in [0.29, 0.717) is 11.5 Å².